The van der Waals surface area contributed by atoms with Crippen LogP contribution in [0, 0.1) is 6.92 Å². The molecule has 1 N–H and O–H groups in total. The SMILES string of the molecule is Cc1ncsc1C(=O)NO[C@H]1CCCCO1. The van der Waals surface area contributed by atoms with Gasteiger partial charge in [0.25, 0.3) is 5.91 Å². The summed E-state index contributed by atoms with van der Waals surface area (Å²) in [7, 11) is 0. The van der Waals surface area contributed by atoms with Crippen molar-refractivity contribution in [3.8, 4) is 0 Å². The van der Waals surface area contributed by atoms with Crippen LogP contribution in [0.1, 0.15) is 34.6 Å². The minimum Gasteiger partial charge on any atom is -0.350 e. The van der Waals surface area contributed by atoms with Crippen molar-refractivity contribution in [1.29, 1.82) is 0 Å². The van der Waals surface area contributed by atoms with E-state index < -0.39 is 0 Å². The van der Waals surface area contributed by atoms with E-state index >= 15 is 0 Å². The van der Waals surface area contributed by atoms with Crippen LogP contribution in [0.15, 0.2) is 5.51 Å². The van der Waals surface area contributed by atoms with E-state index in [-0.39, 0.29) is 12.2 Å². The third-order valence-electron chi connectivity index (χ3n) is 2.37. The van der Waals surface area contributed by atoms with Gasteiger partial charge in [-0.05, 0) is 19.8 Å². The Balaban J connectivity index is 1.81. The zero-order valence-corrected chi connectivity index (χ0v) is 9.88. The molecule has 6 heteroatoms. The zero-order valence-electron chi connectivity index (χ0n) is 9.06. The highest BCUT2D eigenvalue weighted by Crippen LogP contribution is 2.14. The van der Waals surface area contributed by atoms with Gasteiger partial charge in [-0.15, -0.1) is 11.3 Å². The molecule has 2 rings (SSSR count). The van der Waals surface area contributed by atoms with Gasteiger partial charge in [0.05, 0.1) is 11.2 Å². The summed E-state index contributed by atoms with van der Waals surface area (Å²) in [6.07, 6.45) is 2.63. The Kier molecular flexibility index (Phi) is 3.87. The number of nitrogens with one attached hydrogen (secondary N) is 1. The Morgan fingerprint density at radius 2 is 2.56 bits per heavy atom. The van der Waals surface area contributed by atoms with Gasteiger partial charge >= 0.3 is 0 Å². The zero-order chi connectivity index (χ0) is 11.4. The second-order valence-corrected chi connectivity index (χ2v) is 4.47. The average Bonchev–Trinajstić information content (AvgIpc) is 2.74. The number of thiazole rings is 1. The van der Waals surface area contributed by atoms with E-state index in [1.807, 2.05) is 0 Å². The van der Waals surface area contributed by atoms with Gasteiger partial charge in [-0.25, -0.2) is 15.3 Å². The van der Waals surface area contributed by atoms with Gasteiger partial charge in [-0.1, -0.05) is 0 Å². The minimum absolute atomic E-state index is 0.255. The van der Waals surface area contributed by atoms with Crippen molar-refractivity contribution in [3.05, 3.63) is 16.1 Å². The molecule has 1 aromatic rings. The number of hydrogen-bond donors (Lipinski definition) is 1. The molecule has 0 bridgehead atoms. The van der Waals surface area contributed by atoms with Crippen LogP contribution in [0.25, 0.3) is 0 Å². The summed E-state index contributed by atoms with van der Waals surface area (Å²) < 4.78 is 5.33. The number of nitrogens with zero attached hydrogens (tertiary/aromatic N) is 1. The summed E-state index contributed by atoms with van der Waals surface area (Å²) in [5.41, 5.74) is 4.76. The van der Waals surface area contributed by atoms with Crippen molar-refractivity contribution in [2.45, 2.75) is 32.5 Å². The molecule has 0 spiro atoms. The number of carbonyl (C=O) groups is 1. The number of aryl methyl sites for hydroxylation is 1. The van der Waals surface area contributed by atoms with E-state index in [1.165, 1.54) is 11.3 Å². The smallest absolute Gasteiger partial charge is 0.286 e. The van der Waals surface area contributed by atoms with Gasteiger partial charge in [0.1, 0.15) is 4.88 Å². The Bertz CT molecular complexity index is 361. The molecule has 88 valence electrons. The highest BCUT2D eigenvalue weighted by atomic mass is 32.1. The predicted octanol–water partition coefficient (Wildman–Crippen LogP) is 1.64. The van der Waals surface area contributed by atoms with Crippen LogP contribution < -0.4 is 5.48 Å². The molecule has 1 atom stereocenters. The molecule has 2 heterocycles. The summed E-state index contributed by atoms with van der Waals surface area (Å²) in [6, 6.07) is 0. The first-order valence-corrected chi connectivity index (χ1v) is 6.13. The van der Waals surface area contributed by atoms with Crippen LogP contribution in [0.5, 0.6) is 0 Å². The Labute approximate surface area is 97.7 Å². The molecule has 16 heavy (non-hydrogen) atoms. The first kappa shape index (κ1) is 11.5. The lowest BCUT2D eigenvalue weighted by Crippen LogP contribution is -2.33. The molecule has 1 aromatic heterocycles. The number of aromatic nitrogens is 1. The van der Waals surface area contributed by atoms with Crippen LogP contribution in [0.2, 0.25) is 0 Å². The van der Waals surface area contributed by atoms with Crippen molar-refractivity contribution in [2.75, 3.05) is 6.61 Å². The first-order valence-electron chi connectivity index (χ1n) is 5.25. The van der Waals surface area contributed by atoms with Gasteiger partial charge < -0.3 is 4.74 Å². The monoisotopic (exact) mass is 242 g/mol. The van der Waals surface area contributed by atoms with Crippen LogP contribution in [-0.4, -0.2) is 23.8 Å². The van der Waals surface area contributed by atoms with Crippen molar-refractivity contribution in [1.82, 2.24) is 10.5 Å². The molecule has 0 radical (unpaired) electrons. The van der Waals surface area contributed by atoms with Crippen LogP contribution in [0.3, 0.4) is 0 Å². The third-order valence-corrected chi connectivity index (χ3v) is 3.30. The quantitative estimate of drug-likeness (QED) is 0.818. The topological polar surface area (TPSA) is 60.5 Å². The van der Waals surface area contributed by atoms with E-state index in [0.29, 0.717) is 11.5 Å². The van der Waals surface area contributed by atoms with Gasteiger partial charge in [-0.3, -0.25) is 4.79 Å². The number of carbonyl (C=O) groups excluding carboxylic acids is 1. The number of amides is 1. The standard InChI is InChI=1S/C10H14N2O3S/c1-7-9(16-6-11-7)10(13)12-15-8-4-2-3-5-14-8/h6,8H,2-5H2,1H3,(H,12,13)/t8-/m0/s1. The normalized spacial score (nSPS) is 20.7. The second-order valence-electron chi connectivity index (χ2n) is 3.61. The summed E-state index contributed by atoms with van der Waals surface area (Å²) >= 11 is 1.30. The predicted molar refractivity (Wildman–Crippen MR) is 59.0 cm³/mol. The van der Waals surface area contributed by atoms with E-state index in [0.717, 1.165) is 25.0 Å². The average molecular weight is 242 g/mol. The maximum absolute atomic E-state index is 11.6. The molecule has 5 nitrogen and oxygen atoms in total. The van der Waals surface area contributed by atoms with Crippen molar-refractivity contribution in [3.63, 3.8) is 0 Å². The van der Waals surface area contributed by atoms with Gasteiger partial charge in [0.15, 0.2) is 6.29 Å². The number of rotatable bonds is 3. The van der Waals surface area contributed by atoms with E-state index in [4.69, 9.17) is 9.57 Å². The molecule has 1 fully saturated rings. The minimum atomic E-state index is -0.314. The van der Waals surface area contributed by atoms with Gasteiger partial charge in [0.2, 0.25) is 0 Å². The Morgan fingerprint density at radius 3 is 3.19 bits per heavy atom. The van der Waals surface area contributed by atoms with Crippen molar-refractivity contribution >= 4 is 17.2 Å². The molecule has 1 amide bonds. The first-order chi connectivity index (χ1) is 7.77. The molecule has 1 aliphatic heterocycles. The van der Waals surface area contributed by atoms with Gasteiger partial charge in [-0.2, -0.15) is 0 Å². The second kappa shape index (κ2) is 5.38. The number of ether oxygens (including phenoxy) is 1. The maximum Gasteiger partial charge on any atom is 0.286 e. The number of hydroxylamine groups is 1. The van der Waals surface area contributed by atoms with E-state index in [1.54, 1.807) is 12.4 Å². The molecule has 0 saturated carbocycles. The summed E-state index contributed by atoms with van der Waals surface area (Å²) in [5.74, 6) is -0.255. The highest BCUT2D eigenvalue weighted by Gasteiger charge is 2.17. The van der Waals surface area contributed by atoms with Crippen LogP contribution in [-0.2, 0) is 9.57 Å². The Morgan fingerprint density at radius 1 is 1.69 bits per heavy atom. The molecular formula is C10H14N2O3S. The van der Waals surface area contributed by atoms with Crippen molar-refractivity contribution in [2.24, 2.45) is 0 Å². The van der Waals surface area contributed by atoms with Crippen LogP contribution >= 0.6 is 11.3 Å². The summed E-state index contributed by atoms with van der Waals surface area (Å²) in [6.45, 7) is 2.49. The maximum atomic E-state index is 11.6. The molecule has 0 unspecified atom stereocenters. The lowest BCUT2D eigenvalue weighted by atomic mass is 10.2. The fourth-order valence-corrected chi connectivity index (χ4v) is 2.18. The fraction of sp³-hybridized carbons (Fsp3) is 0.600. The molecule has 0 aromatic carbocycles. The van der Waals surface area contributed by atoms with E-state index in [9.17, 15) is 4.79 Å². The lowest BCUT2D eigenvalue weighted by molar-refractivity contribution is -0.186. The highest BCUT2D eigenvalue weighted by molar-refractivity contribution is 7.11. The lowest BCUT2D eigenvalue weighted by Gasteiger charge is -2.21. The molecule has 1 aliphatic rings. The molecular weight excluding hydrogens is 228 g/mol. The number of hydrogen-bond acceptors (Lipinski definition) is 5. The van der Waals surface area contributed by atoms with E-state index in [2.05, 4.69) is 10.5 Å². The molecule has 0 aliphatic carbocycles. The van der Waals surface area contributed by atoms with Crippen molar-refractivity contribution < 1.29 is 14.4 Å². The fourth-order valence-electron chi connectivity index (χ4n) is 1.49. The van der Waals surface area contributed by atoms with Gasteiger partial charge in [0, 0.05) is 13.0 Å². The largest absolute Gasteiger partial charge is 0.350 e. The molecule has 1 saturated heterocycles. The van der Waals surface area contributed by atoms with Crippen LogP contribution in [0.4, 0.5) is 0 Å². The third kappa shape index (κ3) is 2.78. The summed E-state index contributed by atoms with van der Waals surface area (Å²) in [5, 5.41) is 0. The summed E-state index contributed by atoms with van der Waals surface area (Å²) in [4.78, 5) is 21.4. The Hall–Kier alpha value is -0.980.